The molecule has 0 aromatic heterocycles. The highest BCUT2D eigenvalue weighted by Crippen LogP contribution is 2.54. The molecule has 2 saturated carbocycles. The molecular weight excluding hydrogens is 470 g/mol. The molecule has 0 bridgehead atoms. The number of alkyl halides is 2. The summed E-state index contributed by atoms with van der Waals surface area (Å²) in [6.45, 7) is 7.68. The van der Waals surface area contributed by atoms with Crippen molar-refractivity contribution in [3.8, 4) is 0 Å². The lowest BCUT2D eigenvalue weighted by molar-refractivity contribution is -0.0142. The topological polar surface area (TPSA) is 56.7 Å². The average Bonchev–Trinajstić information content (AvgIpc) is 3.60. The summed E-state index contributed by atoms with van der Waals surface area (Å²) in [5.74, 6) is -2.00. The van der Waals surface area contributed by atoms with Crippen molar-refractivity contribution in [3.63, 3.8) is 0 Å². The molecule has 3 fully saturated rings. The second-order valence-corrected chi connectivity index (χ2v) is 11.2. The van der Waals surface area contributed by atoms with Crippen LogP contribution in [0.4, 0.5) is 14.5 Å². The zero-order valence-electron chi connectivity index (χ0n) is 22.4. The van der Waals surface area contributed by atoms with Crippen LogP contribution in [-0.4, -0.2) is 45.2 Å². The number of hydrogen-bond acceptors (Lipinski definition) is 4. The lowest BCUT2D eigenvalue weighted by atomic mass is 9.79. The van der Waals surface area contributed by atoms with Crippen LogP contribution in [0.5, 0.6) is 0 Å². The monoisotopic (exact) mass is 512 g/mol. The van der Waals surface area contributed by atoms with E-state index >= 15 is 0 Å². The van der Waals surface area contributed by atoms with Gasteiger partial charge in [0.05, 0.1) is 5.56 Å². The van der Waals surface area contributed by atoms with E-state index in [2.05, 4.69) is 39.4 Å². The standard InChI is InChI=1S/C30H42F2N4O/c1-22(6-5-11-30(31,32)14-17-33-2)20-27(34-3)35-28(37)25-10-9-24(23-7-4-8-23)21-26(25)36-18-15-29(12-13-29)16-19-36/h6,9-10,20-21,23,33H,3-5,7-8,11-19H2,1-2H3,(H,35,37)/b22-6-,27-20+. The number of halogens is 2. The molecule has 0 atom stereocenters. The fourth-order valence-electron chi connectivity index (χ4n) is 5.42. The second kappa shape index (κ2) is 11.9. The van der Waals surface area contributed by atoms with E-state index < -0.39 is 5.92 Å². The van der Waals surface area contributed by atoms with E-state index in [1.807, 2.05) is 13.0 Å². The number of nitrogens with zero attached hydrogens (tertiary/aromatic N) is 2. The van der Waals surface area contributed by atoms with Crippen LogP contribution in [0.15, 0.2) is 46.7 Å². The Labute approximate surface area is 220 Å². The predicted octanol–water partition coefficient (Wildman–Crippen LogP) is 6.58. The Morgan fingerprint density at radius 2 is 1.95 bits per heavy atom. The number of piperidine rings is 1. The van der Waals surface area contributed by atoms with Crippen LogP contribution in [0.1, 0.15) is 93.0 Å². The van der Waals surface area contributed by atoms with Gasteiger partial charge < -0.3 is 15.5 Å². The summed E-state index contributed by atoms with van der Waals surface area (Å²) in [4.78, 5) is 19.8. The van der Waals surface area contributed by atoms with E-state index in [4.69, 9.17) is 0 Å². The molecule has 1 aliphatic heterocycles. The summed E-state index contributed by atoms with van der Waals surface area (Å²) in [5, 5.41) is 5.67. The summed E-state index contributed by atoms with van der Waals surface area (Å²) in [5.41, 5.74) is 4.31. The molecule has 7 heteroatoms. The van der Waals surface area contributed by atoms with E-state index in [0.29, 0.717) is 22.7 Å². The van der Waals surface area contributed by atoms with Crippen molar-refractivity contribution in [2.45, 2.75) is 83.0 Å². The average molecular weight is 513 g/mol. The van der Waals surface area contributed by atoms with Gasteiger partial charge in [0, 0.05) is 38.2 Å². The van der Waals surface area contributed by atoms with Gasteiger partial charge in [0.2, 0.25) is 5.92 Å². The Morgan fingerprint density at radius 3 is 2.54 bits per heavy atom. The van der Waals surface area contributed by atoms with Crippen LogP contribution in [0.25, 0.3) is 0 Å². The van der Waals surface area contributed by atoms with Gasteiger partial charge in [-0.15, -0.1) is 0 Å². The van der Waals surface area contributed by atoms with Gasteiger partial charge in [-0.3, -0.25) is 4.79 Å². The molecular formula is C30H42F2N4O. The van der Waals surface area contributed by atoms with Crippen molar-refractivity contribution in [2.24, 2.45) is 10.4 Å². The maximum Gasteiger partial charge on any atom is 0.258 e. The van der Waals surface area contributed by atoms with Crippen LogP contribution in [0.2, 0.25) is 0 Å². The number of rotatable bonds is 12. The summed E-state index contributed by atoms with van der Waals surface area (Å²) in [6.07, 6.45) is 12.1. The fraction of sp³-hybridized carbons (Fsp3) is 0.600. The van der Waals surface area contributed by atoms with Gasteiger partial charge in [-0.2, -0.15) is 0 Å². The number of aliphatic imine (C=N–C) groups is 1. The van der Waals surface area contributed by atoms with Crippen molar-refractivity contribution < 1.29 is 13.6 Å². The van der Waals surface area contributed by atoms with Crippen LogP contribution in [0.3, 0.4) is 0 Å². The zero-order chi connectivity index (χ0) is 26.5. The normalized spacial score (nSPS) is 20.1. The van der Waals surface area contributed by atoms with E-state index in [1.54, 1.807) is 19.2 Å². The number of nitrogens with one attached hydrogen (secondary N) is 2. The van der Waals surface area contributed by atoms with E-state index in [0.717, 1.165) is 24.4 Å². The maximum absolute atomic E-state index is 13.9. The van der Waals surface area contributed by atoms with Crippen molar-refractivity contribution in [1.82, 2.24) is 10.6 Å². The molecule has 202 valence electrons. The van der Waals surface area contributed by atoms with Crippen LogP contribution in [0, 0.1) is 5.41 Å². The van der Waals surface area contributed by atoms with Crippen molar-refractivity contribution in [1.29, 1.82) is 0 Å². The number of carbonyl (C=O) groups is 1. The second-order valence-electron chi connectivity index (χ2n) is 11.2. The Kier molecular flexibility index (Phi) is 8.83. The number of allylic oxidation sites excluding steroid dienone is 3. The van der Waals surface area contributed by atoms with Gasteiger partial charge in [-0.05, 0) is 101 Å². The van der Waals surface area contributed by atoms with Crippen LogP contribution >= 0.6 is 0 Å². The van der Waals surface area contributed by atoms with E-state index in [-0.39, 0.29) is 31.7 Å². The Morgan fingerprint density at radius 1 is 1.22 bits per heavy atom. The van der Waals surface area contributed by atoms with Gasteiger partial charge in [0.15, 0.2) is 0 Å². The Bertz CT molecular complexity index is 1030. The highest BCUT2D eigenvalue weighted by atomic mass is 19.3. The Balaban J connectivity index is 1.44. The van der Waals surface area contributed by atoms with Gasteiger partial charge in [0.25, 0.3) is 5.91 Å². The third-order valence-corrected chi connectivity index (χ3v) is 8.46. The molecule has 1 saturated heterocycles. The third kappa shape index (κ3) is 7.28. The number of carbonyl (C=O) groups excluding carboxylic acids is 1. The summed E-state index contributed by atoms with van der Waals surface area (Å²) in [6, 6.07) is 6.28. The first-order valence-electron chi connectivity index (χ1n) is 13.8. The van der Waals surface area contributed by atoms with Crippen molar-refractivity contribution in [2.75, 3.05) is 31.6 Å². The maximum atomic E-state index is 13.9. The molecule has 3 aliphatic rings. The fourth-order valence-corrected chi connectivity index (χ4v) is 5.42. The third-order valence-electron chi connectivity index (χ3n) is 8.46. The number of benzene rings is 1. The summed E-state index contributed by atoms with van der Waals surface area (Å²) >= 11 is 0. The number of hydrogen-bond donors (Lipinski definition) is 2. The predicted molar refractivity (Wildman–Crippen MR) is 148 cm³/mol. The molecule has 1 spiro atoms. The number of anilines is 1. The lowest BCUT2D eigenvalue weighted by Crippen LogP contribution is -2.36. The minimum Gasteiger partial charge on any atom is -0.371 e. The van der Waals surface area contributed by atoms with Crippen molar-refractivity contribution >= 4 is 18.3 Å². The molecule has 1 aromatic rings. The van der Waals surface area contributed by atoms with Gasteiger partial charge in [0.1, 0.15) is 5.82 Å². The van der Waals surface area contributed by atoms with Gasteiger partial charge >= 0.3 is 0 Å². The molecule has 4 rings (SSSR count). The molecule has 37 heavy (non-hydrogen) atoms. The highest BCUT2D eigenvalue weighted by Gasteiger charge is 2.44. The quantitative estimate of drug-likeness (QED) is 0.246. The first-order chi connectivity index (χ1) is 17.7. The highest BCUT2D eigenvalue weighted by molar-refractivity contribution is 6.01. The first kappa shape index (κ1) is 27.5. The largest absolute Gasteiger partial charge is 0.371 e. The molecule has 0 unspecified atom stereocenters. The summed E-state index contributed by atoms with van der Waals surface area (Å²) < 4.78 is 27.8. The number of amides is 1. The molecule has 2 aliphatic carbocycles. The van der Waals surface area contributed by atoms with E-state index in [1.165, 1.54) is 50.5 Å². The molecule has 0 radical (unpaired) electrons. The molecule has 1 heterocycles. The molecule has 2 N–H and O–H groups in total. The molecule has 1 amide bonds. The smallest absolute Gasteiger partial charge is 0.258 e. The lowest BCUT2D eigenvalue weighted by Gasteiger charge is -2.36. The van der Waals surface area contributed by atoms with Crippen LogP contribution < -0.4 is 15.5 Å². The zero-order valence-corrected chi connectivity index (χ0v) is 22.4. The minimum atomic E-state index is -2.70. The van der Waals surface area contributed by atoms with Gasteiger partial charge in [-0.1, -0.05) is 24.1 Å². The summed E-state index contributed by atoms with van der Waals surface area (Å²) in [7, 11) is 1.67. The first-order valence-corrected chi connectivity index (χ1v) is 13.8. The van der Waals surface area contributed by atoms with Gasteiger partial charge in [-0.25, -0.2) is 13.8 Å². The SMILES string of the molecule is C=N/C(=C\C(C)=C/CCC(F)(F)CCNC)NC(=O)c1ccc(C2CCC2)cc1N1CCC2(CC1)CC2. The van der Waals surface area contributed by atoms with Crippen molar-refractivity contribution in [3.05, 3.63) is 52.9 Å². The minimum absolute atomic E-state index is 0.179. The van der Waals surface area contributed by atoms with E-state index in [9.17, 15) is 13.6 Å². The molecule has 5 nitrogen and oxygen atoms in total. The van der Waals surface area contributed by atoms with Crippen LogP contribution in [-0.2, 0) is 0 Å². The Hall–Kier alpha value is -2.54. The molecule has 1 aromatic carbocycles.